The van der Waals surface area contributed by atoms with Gasteiger partial charge in [0, 0.05) is 64.0 Å². The van der Waals surface area contributed by atoms with Crippen molar-refractivity contribution < 1.29 is 32.6 Å². The molecule has 6 rings (SSSR count). The van der Waals surface area contributed by atoms with Crippen LogP contribution in [0, 0.1) is 11.6 Å². The third-order valence-electron chi connectivity index (χ3n) is 7.96. The largest absolute Gasteiger partial charge is 0.489 e. The molecule has 4 aromatic rings. The number of nitrogen functional groups attached to an aromatic ring is 1. The van der Waals surface area contributed by atoms with Crippen LogP contribution in [0.4, 0.5) is 20.4 Å². The first-order valence-corrected chi connectivity index (χ1v) is 16.4. The fourth-order valence-corrected chi connectivity index (χ4v) is 5.62. The van der Waals surface area contributed by atoms with E-state index in [-0.39, 0.29) is 35.2 Å². The SMILES string of the molecule is COC(=O)c1ccc(N2CCC(Oc3cc(F)ccc3Cl)CC2)nn1.NNC(=O)c1ccc(N2CCC(Oc3cc(F)ccc3Cl)CC2)nn1. The van der Waals surface area contributed by atoms with Gasteiger partial charge in [-0.05, 0) is 48.5 Å². The maximum atomic E-state index is 13.3. The molecule has 0 atom stereocenters. The Bertz CT molecular complexity index is 1630. The van der Waals surface area contributed by atoms with E-state index in [0.29, 0.717) is 59.4 Å². The molecule has 0 saturated carbocycles. The third kappa shape index (κ3) is 9.64. The van der Waals surface area contributed by atoms with Gasteiger partial charge in [0.25, 0.3) is 5.91 Å². The number of methoxy groups -OCH3 is 1. The molecule has 2 saturated heterocycles. The molecule has 13 nitrogen and oxygen atoms in total. The molecule has 0 spiro atoms. The molecule has 2 aliphatic rings. The van der Waals surface area contributed by atoms with E-state index >= 15 is 0 Å². The highest BCUT2D eigenvalue weighted by molar-refractivity contribution is 6.32. The van der Waals surface area contributed by atoms with Gasteiger partial charge >= 0.3 is 5.97 Å². The van der Waals surface area contributed by atoms with Crippen LogP contribution in [0.2, 0.25) is 10.0 Å². The zero-order valence-electron chi connectivity index (χ0n) is 26.9. The van der Waals surface area contributed by atoms with Gasteiger partial charge in [-0.3, -0.25) is 10.2 Å². The summed E-state index contributed by atoms with van der Waals surface area (Å²) in [5.41, 5.74) is 2.34. The molecule has 2 fully saturated rings. The molecule has 0 radical (unpaired) electrons. The number of aromatic nitrogens is 4. The molecule has 4 heterocycles. The number of esters is 1. The summed E-state index contributed by atoms with van der Waals surface area (Å²) in [5, 5.41) is 16.6. The van der Waals surface area contributed by atoms with Gasteiger partial charge < -0.3 is 24.0 Å². The molecule has 2 aliphatic heterocycles. The van der Waals surface area contributed by atoms with Crippen LogP contribution in [0.3, 0.4) is 0 Å². The highest BCUT2D eigenvalue weighted by atomic mass is 35.5. The standard InChI is InChI=1S/C17H17ClFN3O3.C16H17ClFN5O2/c1-24-17(23)14-4-5-16(21-20-14)22-8-6-12(7-9-22)25-15-10-11(19)2-3-13(15)18;17-12-2-1-10(18)9-14(12)25-11-5-7-23(8-6-11)15-4-3-13(21-22-15)16(24)20-19/h2-5,10,12H,6-9H2,1H3;1-4,9,11H,5-8,19H2,(H,20,24). The van der Waals surface area contributed by atoms with Gasteiger partial charge in [-0.15, -0.1) is 20.4 Å². The summed E-state index contributed by atoms with van der Waals surface area (Å²) in [4.78, 5) is 26.8. The van der Waals surface area contributed by atoms with Crippen molar-refractivity contribution in [3.05, 3.63) is 93.7 Å². The van der Waals surface area contributed by atoms with Gasteiger partial charge in [0.1, 0.15) is 35.3 Å². The zero-order valence-corrected chi connectivity index (χ0v) is 28.4. The first-order valence-electron chi connectivity index (χ1n) is 15.6. The minimum atomic E-state index is -0.516. The number of nitrogens with one attached hydrogen (secondary N) is 1. The number of hydrazine groups is 1. The van der Waals surface area contributed by atoms with E-state index in [1.165, 1.54) is 43.5 Å². The molecule has 2 aromatic carbocycles. The molecule has 264 valence electrons. The zero-order chi connectivity index (χ0) is 35.6. The average molecular weight is 732 g/mol. The van der Waals surface area contributed by atoms with Crippen LogP contribution in [-0.2, 0) is 4.74 Å². The number of hydrogen-bond donors (Lipinski definition) is 2. The number of carbonyl (C=O) groups is 2. The van der Waals surface area contributed by atoms with Crippen LogP contribution in [0.25, 0.3) is 0 Å². The number of hydrogen-bond acceptors (Lipinski definition) is 12. The van der Waals surface area contributed by atoms with Crippen molar-refractivity contribution in [1.29, 1.82) is 0 Å². The lowest BCUT2D eigenvalue weighted by Gasteiger charge is -2.32. The molecule has 0 aliphatic carbocycles. The van der Waals surface area contributed by atoms with E-state index in [4.69, 9.17) is 38.5 Å². The topological polar surface area (TPSA) is 158 Å². The van der Waals surface area contributed by atoms with E-state index in [0.717, 1.165) is 25.7 Å². The Kier molecular flexibility index (Phi) is 12.5. The van der Waals surface area contributed by atoms with Gasteiger partial charge in [-0.1, -0.05) is 23.2 Å². The van der Waals surface area contributed by atoms with Gasteiger partial charge in [-0.2, -0.15) is 0 Å². The molecular weight excluding hydrogens is 697 g/mol. The predicted molar refractivity (Wildman–Crippen MR) is 182 cm³/mol. The summed E-state index contributed by atoms with van der Waals surface area (Å²) in [6.07, 6.45) is 2.86. The molecule has 1 amide bonds. The van der Waals surface area contributed by atoms with E-state index in [2.05, 4.69) is 30.0 Å². The summed E-state index contributed by atoms with van der Waals surface area (Å²) < 4.78 is 42.8. The van der Waals surface area contributed by atoms with Crippen LogP contribution in [0.15, 0.2) is 60.7 Å². The monoisotopic (exact) mass is 730 g/mol. The van der Waals surface area contributed by atoms with E-state index in [9.17, 15) is 18.4 Å². The lowest BCUT2D eigenvalue weighted by Crippen LogP contribution is -2.39. The number of piperidine rings is 2. The second-order valence-corrected chi connectivity index (χ2v) is 12.1. The van der Waals surface area contributed by atoms with Crippen molar-refractivity contribution in [3.8, 4) is 11.5 Å². The van der Waals surface area contributed by atoms with Gasteiger partial charge in [-0.25, -0.2) is 19.4 Å². The molecule has 3 N–H and O–H groups in total. The van der Waals surface area contributed by atoms with Gasteiger partial charge in [0.2, 0.25) is 0 Å². The van der Waals surface area contributed by atoms with Crippen molar-refractivity contribution in [2.24, 2.45) is 5.84 Å². The molecule has 50 heavy (non-hydrogen) atoms. The van der Waals surface area contributed by atoms with Crippen LogP contribution in [0.1, 0.15) is 46.7 Å². The fraction of sp³-hybridized carbons (Fsp3) is 0.333. The third-order valence-corrected chi connectivity index (χ3v) is 8.59. The van der Waals surface area contributed by atoms with Crippen molar-refractivity contribution >= 4 is 46.7 Å². The predicted octanol–water partition coefficient (Wildman–Crippen LogP) is 5.02. The lowest BCUT2D eigenvalue weighted by atomic mass is 10.1. The highest BCUT2D eigenvalue weighted by Gasteiger charge is 2.24. The number of benzene rings is 2. The van der Waals surface area contributed by atoms with Crippen LogP contribution in [-0.4, -0.2) is 77.8 Å². The maximum absolute atomic E-state index is 13.3. The molecule has 2 aromatic heterocycles. The summed E-state index contributed by atoms with van der Waals surface area (Å²) in [6.45, 7) is 2.83. The second kappa shape index (κ2) is 17.2. The number of anilines is 2. The second-order valence-electron chi connectivity index (χ2n) is 11.3. The van der Waals surface area contributed by atoms with Crippen molar-refractivity contribution in [2.75, 3.05) is 43.1 Å². The van der Waals surface area contributed by atoms with E-state index in [1.54, 1.807) is 24.3 Å². The Morgan fingerprint density at radius 3 is 1.54 bits per heavy atom. The molecule has 17 heteroatoms. The lowest BCUT2D eigenvalue weighted by molar-refractivity contribution is 0.0592. The summed E-state index contributed by atoms with van der Waals surface area (Å²) in [6, 6.07) is 14.8. The summed E-state index contributed by atoms with van der Waals surface area (Å²) in [7, 11) is 1.30. The number of amides is 1. The van der Waals surface area contributed by atoms with E-state index < -0.39 is 11.9 Å². The van der Waals surface area contributed by atoms with Crippen LogP contribution in [0.5, 0.6) is 11.5 Å². The molecule has 0 unspecified atom stereocenters. The Morgan fingerprint density at radius 1 is 0.720 bits per heavy atom. The van der Waals surface area contributed by atoms with Crippen LogP contribution < -0.4 is 30.5 Å². The number of nitrogens with two attached hydrogens (primary N) is 1. The minimum Gasteiger partial charge on any atom is -0.489 e. The summed E-state index contributed by atoms with van der Waals surface area (Å²) >= 11 is 12.1. The normalized spacial score (nSPS) is 15.1. The maximum Gasteiger partial charge on any atom is 0.358 e. The Hall–Kier alpha value is -4.86. The van der Waals surface area contributed by atoms with Crippen molar-refractivity contribution in [1.82, 2.24) is 25.8 Å². The highest BCUT2D eigenvalue weighted by Crippen LogP contribution is 2.30. The van der Waals surface area contributed by atoms with Crippen LogP contribution >= 0.6 is 23.2 Å². The molecule has 0 bridgehead atoms. The Morgan fingerprint density at radius 2 is 1.16 bits per heavy atom. The van der Waals surface area contributed by atoms with E-state index in [1.807, 2.05) is 10.3 Å². The molecular formula is C33H34Cl2F2N8O5. The first-order chi connectivity index (χ1) is 24.1. The number of nitrogens with zero attached hydrogens (tertiary/aromatic N) is 6. The van der Waals surface area contributed by atoms with Crippen molar-refractivity contribution in [3.63, 3.8) is 0 Å². The quantitative estimate of drug-likeness (QED) is 0.108. The summed E-state index contributed by atoms with van der Waals surface area (Å²) in [5.74, 6) is 5.39. The van der Waals surface area contributed by atoms with Crippen molar-refractivity contribution in [2.45, 2.75) is 37.9 Å². The smallest absolute Gasteiger partial charge is 0.358 e. The van der Waals surface area contributed by atoms with Gasteiger partial charge in [0.15, 0.2) is 23.0 Å². The Labute approximate surface area is 296 Å². The number of carbonyl (C=O) groups excluding carboxylic acids is 2. The Balaban J connectivity index is 0.000000194. The first kappa shape index (κ1) is 36.4. The number of ether oxygens (including phenoxy) is 3. The minimum absolute atomic E-state index is 0.0437. The number of rotatable bonds is 8. The van der Waals surface area contributed by atoms with Gasteiger partial charge in [0.05, 0.1) is 17.2 Å². The average Bonchev–Trinajstić information content (AvgIpc) is 3.15. The fourth-order valence-electron chi connectivity index (χ4n) is 5.30. The number of halogens is 4.